The lowest BCUT2D eigenvalue weighted by molar-refractivity contribution is -0.318. The molecule has 0 aromatic heterocycles. The molecule has 20 heteroatoms. The summed E-state index contributed by atoms with van der Waals surface area (Å²) >= 11 is 0. The molecule has 0 bridgehead atoms. The monoisotopic (exact) mass is 1090 g/mol. The molecule has 3 heterocycles. The van der Waals surface area contributed by atoms with Crippen molar-refractivity contribution in [2.75, 3.05) is 41.0 Å². The smallest absolute Gasteiger partial charge is 0.422 e. The molecular weight excluding hydrogens is 997 g/mol. The van der Waals surface area contributed by atoms with Crippen LogP contribution >= 0.6 is 0 Å². The summed E-state index contributed by atoms with van der Waals surface area (Å²) in [5.41, 5.74) is 0.909. The van der Waals surface area contributed by atoms with Crippen LogP contribution in [0, 0.1) is 29.6 Å². The Morgan fingerprint density at radius 3 is 2.21 bits per heavy atom. The lowest BCUT2D eigenvalue weighted by atomic mass is 9.73. The average molecular weight is 1090 g/mol. The third kappa shape index (κ3) is 17.4. The summed E-state index contributed by atoms with van der Waals surface area (Å²) < 4.78 is 57.0. The summed E-state index contributed by atoms with van der Waals surface area (Å²) in [7, 11) is 5.24. The second-order valence-electron chi connectivity index (χ2n) is 23.2. The van der Waals surface area contributed by atoms with Crippen molar-refractivity contribution >= 4 is 23.7 Å². The second-order valence-corrected chi connectivity index (χ2v) is 23.2. The molecule has 4 aliphatic rings. The quantitative estimate of drug-likeness (QED) is 0.0412. The number of carbonyl (C=O) groups is 3. The molecule has 3 saturated heterocycles. The molecule has 1 saturated carbocycles. The third-order valence-electron chi connectivity index (χ3n) is 16.5. The Morgan fingerprint density at radius 2 is 1.57 bits per heavy atom. The average Bonchev–Trinajstić information content (AvgIpc) is 3.38. The Labute approximate surface area is 458 Å². The molecule has 0 radical (unpaired) electrons. The van der Waals surface area contributed by atoms with Crippen LogP contribution in [0.5, 0.6) is 5.75 Å². The van der Waals surface area contributed by atoms with Gasteiger partial charge in [-0.1, -0.05) is 83.2 Å². The van der Waals surface area contributed by atoms with Gasteiger partial charge in [0.1, 0.15) is 36.3 Å². The SMILES string of the molecule is CC[C@@H]1OC(=O)[C@H](C)[C@@H](O[C@H]2C[C@@](C)(OC)[C@@H](OC(C)=O)[C@H](C)O2)[C@H](C)[C@@H](O[C@@H]2O[C@H](C)C[C@H](N(C)C)[C@H]2OC(=O)NNCCOc2ccccc2)C(C)(O)C[C@@H](C)/C(=N\OCCCC2CCCCC2)[C@@H](C)[C@@H](O)[C@]1(C)O. The Morgan fingerprint density at radius 1 is 0.883 bits per heavy atom. The van der Waals surface area contributed by atoms with Crippen molar-refractivity contribution in [1.82, 2.24) is 15.8 Å². The van der Waals surface area contributed by atoms with Crippen LogP contribution in [0.3, 0.4) is 0 Å². The minimum Gasteiger partial charge on any atom is -0.492 e. The highest BCUT2D eigenvalue weighted by atomic mass is 16.7. The van der Waals surface area contributed by atoms with E-state index in [1.165, 1.54) is 53.1 Å². The molecule has 5 rings (SSSR count). The van der Waals surface area contributed by atoms with Gasteiger partial charge in [0.05, 0.1) is 53.8 Å². The number of oxime groups is 1. The van der Waals surface area contributed by atoms with Gasteiger partial charge in [-0.15, -0.1) is 0 Å². The molecule has 1 unspecified atom stereocenters. The van der Waals surface area contributed by atoms with Gasteiger partial charge < -0.3 is 67.7 Å². The highest BCUT2D eigenvalue weighted by Gasteiger charge is 2.55. The number of ether oxygens (including phenoxy) is 9. The number of cyclic esters (lactones) is 1. The number of likely N-dealkylation sites (N-methyl/N-ethyl adjacent to an activating group) is 1. The van der Waals surface area contributed by atoms with E-state index >= 15 is 0 Å². The van der Waals surface area contributed by atoms with Crippen molar-refractivity contribution in [3.05, 3.63) is 30.3 Å². The van der Waals surface area contributed by atoms with Crippen LogP contribution < -0.4 is 15.6 Å². The normalized spacial score (nSPS) is 38.5. The first-order chi connectivity index (χ1) is 36.3. The predicted molar refractivity (Wildman–Crippen MR) is 287 cm³/mol. The fourth-order valence-electron chi connectivity index (χ4n) is 12.1. The van der Waals surface area contributed by atoms with Crippen LogP contribution in [0.25, 0.3) is 0 Å². The number of hydrazine groups is 1. The number of para-hydroxylation sites is 1. The minimum absolute atomic E-state index is 0.0443. The van der Waals surface area contributed by atoms with Gasteiger partial charge in [0.25, 0.3) is 0 Å². The molecule has 1 amide bonds. The fourth-order valence-corrected chi connectivity index (χ4v) is 12.1. The van der Waals surface area contributed by atoms with Crippen LogP contribution in [0.2, 0.25) is 0 Å². The molecule has 77 heavy (non-hydrogen) atoms. The van der Waals surface area contributed by atoms with E-state index < -0.39 is 126 Å². The number of hydrogen-bond acceptors (Lipinski definition) is 19. The molecule has 3 aliphatic heterocycles. The van der Waals surface area contributed by atoms with Gasteiger partial charge in [0, 0.05) is 44.8 Å². The molecule has 4 fully saturated rings. The fraction of sp³-hybridized carbons (Fsp3) is 0.825. The molecule has 20 nitrogen and oxygen atoms in total. The first kappa shape index (κ1) is 64.1. The summed E-state index contributed by atoms with van der Waals surface area (Å²) in [5, 5.41) is 42.5. The number of nitrogens with zero attached hydrogens (tertiary/aromatic N) is 2. The van der Waals surface area contributed by atoms with Crippen molar-refractivity contribution in [2.24, 2.45) is 34.7 Å². The van der Waals surface area contributed by atoms with Gasteiger partial charge in [0.2, 0.25) is 0 Å². The maximum atomic E-state index is 14.8. The Bertz CT molecular complexity index is 2010. The summed E-state index contributed by atoms with van der Waals surface area (Å²) in [5.74, 6) is -3.51. The van der Waals surface area contributed by atoms with E-state index in [9.17, 15) is 29.7 Å². The maximum absolute atomic E-state index is 14.8. The number of nitrogens with one attached hydrogen (secondary N) is 2. The molecular formula is C57H96N4O16. The number of methoxy groups -OCH3 is 1. The van der Waals surface area contributed by atoms with Crippen molar-refractivity contribution in [1.29, 1.82) is 0 Å². The number of amides is 1. The van der Waals surface area contributed by atoms with E-state index in [4.69, 9.17) is 52.6 Å². The number of esters is 2. The number of carbonyl (C=O) groups excluding carboxylic acids is 3. The van der Waals surface area contributed by atoms with Crippen molar-refractivity contribution in [3.63, 3.8) is 0 Å². The first-order valence-corrected chi connectivity index (χ1v) is 28.2. The Kier molecular flexibility index (Phi) is 24.3. The number of aliphatic hydroxyl groups excluding tert-OH is 1. The van der Waals surface area contributed by atoms with Gasteiger partial charge >= 0.3 is 18.0 Å². The van der Waals surface area contributed by atoms with Gasteiger partial charge in [-0.3, -0.25) is 15.0 Å². The van der Waals surface area contributed by atoms with E-state index in [2.05, 4.69) is 10.9 Å². The number of hydrogen-bond donors (Lipinski definition) is 5. The Hall–Kier alpha value is -3.70. The van der Waals surface area contributed by atoms with E-state index in [0.717, 1.165) is 12.8 Å². The molecule has 440 valence electrons. The summed E-state index contributed by atoms with van der Waals surface area (Å²) in [4.78, 5) is 48.8. The molecule has 1 aromatic rings. The zero-order chi connectivity index (χ0) is 56.8. The standard InChI is InChI=1S/C57H96N4O16/c1-15-44-57(11,67)49(63)36(4)46(60-70-29-22-25-41-23-18-16-19-24-41)34(2)32-55(9,66)50(37(5)47(38(6)52(64)74-44)75-45-33-56(10,68-14)51(39(7)72-45)73-40(8)62)77-53-48(43(61(12)13)31-35(3)71-53)76-54(65)59-58-28-30-69-42-26-20-17-21-27-42/h17,20-21,26-27,34-39,41,43-45,47-51,53,58,63,66-67H,15-16,18-19,22-25,28-33H2,1-14H3,(H,59,65)/b60-46+/t34-,35-,36-,37+,38-,39+,43+,44+,45+,47+,48-,49-,50-,51+,53+,55?,56-,57-/m1/s1. The lowest BCUT2D eigenvalue weighted by Crippen LogP contribution is -2.62. The van der Waals surface area contributed by atoms with Crippen LogP contribution in [-0.2, 0) is 52.3 Å². The maximum Gasteiger partial charge on any atom is 0.422 e. The minimum atomic E-state index is -1.98. The van der Waals surface area contributed by atoms with Gasteiger partial charge in [-0.05, 0) is 106 Å². The zero-order valence-electron chi connectivity index (χ0n) is 48.6. The van der Waals surface area contributed by atoms with Crippen molar-refractivity contribution < 1.29 is 77.2 Å². The van der Waals surface area contributed by atoms with Gasteiger partial charge in [0.15, 0.2) is 24.8 Å². The Balaban J connectivity index is 1.56. The van der Waals surface area contributed by atoms with Crippen molar-refractivity contribution in [2.45, 2.75) is 231 Å². The zero-order valence-corrected chi connectivity index (χ0v) is 48.6. The number of rotatable bonds is 19. The van der Waals surface area contributed by atoms with E-state index in [0.29, 0.717) is 30.4 Å². The third-order valence-corrected chi connectivity index (χ3v) is 16.5. The largest absolute Gasteiger partial charge is 0.492 e. The molecule has 18 atom stereocenters. The van der Waals surface area contributed by atoms with Crippen LogP contribution in [0.1, 0.15) is 147 Å². The van der Waals surface area contributed by atoms with E-state index in [1.54, 1.807) is 48.5 Å². The van der Waals surface area contributed by atoms with Crippen LogP contribution in [-0.4, -0.2) is 169 Å². The summed E-state index contributed by atoms with van der Waals surface area (Å²) in [6.45, 7) is 19.4. The summed E-state index contributed by atoms with van der Waals surface area (Å²) in [6, 6.07) is 8.86. The molecule has 1 aliphatic carbocycles. The van der Waals surface area contributed by atoms with Crippen molar-refractivity contribution in [3.8, 4) is 5.75 Å². The second kappa shape index (κ2) is 29.1. The number of aliphatic hydroxyl groups is 3. The molecule has 1 aromatic carbocycles. The lowest BCUT2D eigenvalue weighted by Gasteiger charge is -2.49. The van der Waals surface area contributed by atoms with Gasteiger partial charge in [-0.2, -0.15) is 0 Å². The number of benzene rings is 1. The molecule has 0 spiro atoms. The summed E-state index contributed by atoms with van der Waals surface area (Å²) in [6.07, 6.45) is -2.82. The highest BCUT2D eigenvalue weighted by molar-refractivity contribution is 5.88. The highest BCUT2D eigenvalue weighted by Crippen LogP contribution is 2.42. The van der Waals surface area contributed by atoms with E-state index in [-0.39, 0.29) is 32.4 Å². The van der Waals surface area contributed by atoms with Crippen LogP contribution in [0.4, 0.5) is 4.79 Å². The predicted octanol–water partition coefficient (Wildman–Crippen LogP) is 6.84. The van der Waals surface area contributed by atoms with Crippen LogP contribution in [0.15, 0.2) is 35.5 Å². The van der Waals surface area contributed by atoms with Gasteiger partial charge in [-0.25, -0.2) is 10.2 Å². The first-order valence-electron chi connectivity index (χ1n) is 28.2. The van der Waals surface area contributed by atoms with E-state index in [1.807, 2.05) is 63.2 Å². The topological polar surface area (TPSA) is 244 Å². The molecule has 5 N–H and O–H groups in total.